The first-order chi connectivity index (χ1) is 9.20. The summed E-state index contributed by atoms with van der Waals surface area (Å²) in [4.78, 5) is 23.6. The summed E-state index contributed by atoms with van der Waals surface area (Å²) in [6, 6.07) is 6.96. The summed E-state index contributed by atoms with van der Waals surface area (Å²) < 4.78 is 0. The van der Waals surface area contributed by atoms with Crippen molar-refractivity contribution >= 4 is 29.9 Å². The minimum Gasteiger partial charge on any atom is -0.355 e. The first kappa shape index (κ1) is 16.5. The average molecular weight is 298 g/mol. The Morgan fingerprint density at radius 1 is 1.35 bits per heavy atom. The van der Waals surface area contributed by atoms with E-state index in [1.807, 2.05) is 0 Å². The molecule has 1 saturated heterocycles. The van der Waals surface area contributed by atoms with Crippen LogP contribution in [0.2, 0.25) is 0 Å². The summed E-state index contributed by atoms with van der Waals surface area (Å²) in [5.74, 6) is -0.130. The number of rotatable bonds is 3. The Balaban J connectivity index is 0.00000200. The molecule has 0 unspecified atom stereocenters. The van der Waals surface area contributed by atoms with Gasteiger partial charge in [-0.2, -0.15) is 0 Å². The number of anilines is 1. The van der Waals surface area contributed by atoms with Crippen LogP contribution in [0.1, 0.15) is 23.2 Å². The van der Waals surface area contributed by atoms with Gasteiger partial charge in [-0.15, -0.1) is 12.4 Å². The number of amides is 2. The molecule has 3 N–H and O–H groups in total. The van der Waals surface area contributed by atoms with Gasteiger partial charge in [-0.1, -0.05) is 6.07 Å². The Kier molecular flexibility index (Phi) is 6.48. The molecule has 1 fully saturated rings. The van der Waals surface area contributed by atoms with Gasteiger partial charge in [0.25, 0.3) is 5.91 Å². The SMILES string of the molecule is CNC(=O)c1cccc(NC(=O)[C@@H]2CCCNC2)c1.Cl. The Morgan fingerprint density at radius 2 is 2.15 bits per heavy atom. The smallest absolute Gasteiger partial charge is 0.251 e. The lowest BCUT2D eigenvalue weighted by atomic mass is 9.99. The maximum Gasteiger partial charge on any atom is 0.251 e. The van der Waals surface area contributed by atoms with E-state index in [1.54, 1.807) is 31.3 Å². The number of hydrogen-bond donors (Lipinski definition) is 3. The number of hydrogen-bond acceptors (Lipinski definition) is 3. The quantitative estimate of drug-likeness (QED) is 0.790. The second kappa shape index (κ2) is 7.87. The Morgan fingerprint density at radius 3 is 2.80 bits per heavy atom. The molecule has 0 aliphatic carbocycles. The fourth-order valence-corrected chi connectivity index (χ4v) is 2.20. The lowest BCUT2D eigenvalue weighted by Crippen LogP contribution is -2.37. The van der Waals surface area contributed by atoms with Crippen molar-refractivity contribution in [1.29, 1.82) is 0 Å². The highest BCUT2D eigenvalue weighted by Crippen LogP contribution is 2.15. The van der Waals surface area contributed by atoms with Crippen LogP contribution in [0.3, 0.4) is 0 Å². The van der Waals surface area contributed by atoms with Gasteiger partial charge in [-0.05, 0) is 37.6 Å². The van der Waals surface area contributed by atoms with Crippen molar-refractivity contribution in [3.05, 3.63) is 29.8 Å². The van der Waals surface area contributed by atoms with E-state index < -0.39 is 0 Å². The van der Waals surface area contributed by atoms with Gasteiger partial charge >= 0.3 is 0 Å². The molecule has 110 valence electrons. The van der Waals surface area contributed by atoms with Crippen molar-refractivity contribution in [1.82, 2.24) is 10.6 Å². The lowest BCUT2D eigenvalue weighted by molar-refractivity contribution is -0.120. The van der Waals surface area contributed by atoms with Gasteiger partial charge in [-0.3, -0.25) is 9.59 Å². The summed E-state index contributed by atoms with van der Waals surface area (Å²) in [7, 11) is 1.58. The van der Waals surface area contributed by atoms with Crippen LogP contribution in [0.25, 0.3) is 0 Å². The van der Waals surface area contributed by atoms with Gasteiger partial charge in [-0.25, -0.2) is 0 Å². The zero-order valence-electron chi connectivity index (χ0n) is 11.4. The van der Waals surface area contributed by atoms with Crippen LogP contribution in [0.5, 0.6) is 0 Å². The van der Waals surface area contributed by atoms with Crippen molar-refractivity contribution in [3.63, 3.8) is 0 Å². The van der Waals surface area contributed by atoms with Crippen LogP contribution in [0.4, 0.5) is 5.69 Å². The topological polar surface area (TPSA) is 70.2 Å². The molecule has 1 aliphatic heterocycles. The van der Waals surface area contributed by atoms with E-state index in [9.17, 15) is 9.59 Å². The molecule has 0 spiro atoms. The molecule has 20 heavy (non-hydrogen) atoms. The van der Waals surface area contributed by atoms with Gasteiger partial charge < -0.3 is 16.0 Å². The maximum atomic E-state index is 12.1. The van der Waals surface area contributed by atoms with Crippen LogP contribution < -0.4 is 16.0 Å². The molecule has 1 atom stereocenters. The van der Waals surface area contributed by atoms with E-state index in [1.165, 1.54) is 0 Å². The Hall–Kier alpha value is -1.59. The van der Waals surface area contributed by atoms with Crippen LogP contribution in [-0.4, -0.2) is 32.0 Å². The predicted molar refractivity (Wildman–Crippen MR) is 81.3 cm³/mol. The van der Waals surface area contributed by atoms with E-state index in [2.05, 4.69) is 16.0 Å². The predicted octanol–water partition coefficient (Wildman–Crippen LogP) is 1.41. The first-order valence-electron chi connectivity index (χ1n) is 6.54. The molecule has 1 aliphatic rings. The molecule has 1 heterocycles. The highest BCUT2D eigenvalue weighted by molar-refractivity contribution is 5.97. The number of carbonyl (C=O) groups excluding carboxylic acids is 2. The number of halogens is 1. The van der Waals surface area contributed by atoms with Crippen molar-refractivity contribution in [2.24, 2.45) is 5.92 Å². The Bertz CT molecular complexity index is 473. The van der Waals surface area contributed by atoms with E-state index in [0.29, 0.717) is 11.3 Å². The molecule has 0 radical (unpaired) electrons. The van der Waals surface area contributed by atoms with E-state index in [-0.39, 0.29) is 30.1 Å². The molecule has 5 nitrogen and oxygen atoms in total. The molecule has 1 aromatic rings. The van der Waals surface area contributed by atoms with E-state index in [4.69, 9.17) is 0 Å². The number of carbonyl (C=O) groups is 2. The minimum atomic E-state index is -0.157. The molecule has 0 aromatic heterocycles. The highest BCUT2D eigenvalue weighted by atomic mass is 35.5. The van der Waals surface area contributed by atoms with Crippen molar-refractivity contribution < 1.29 is 9.59 Å². The molecular formula is C14H20ClN3O2. The van der Waals surface area contributed by atoms with Gasteiger partial charge in [0.2, 0.25) is 5.91 Å². The second-order valence-electron chi connectivity index (χ2n) is 4.69. The molecule has 0 saturated carbocycles. The monoisotopic (exact) mass is 297 g/mol. The lowest BCUT2D eigenvalue weighted by Gasteiger charge is -2.21. The number of piperidine rings is 1. The van der Waals surface area contributed by atoms with Crippen molar-refractivity contribution in [3.8, 4) is 0 Å². The number of nitrogens with one attached hydrogen (secondary N) is 3. The second-order valence-corrected chi connectivity index (χ2v) is 4.69. The summed E-state index contributed by atoms with van der Waals surface area (Å²) in [5.41, 5.74) is 1.21. The molecule has 2 amide bonds. The zero-order valence-corrected chi connectivity index (χ0v) is 12.3. The minimum absolute atomic E-state index is 0. The third-order valence-electron chi connectivity index (χ3n) is 3.29. The van der Waals surface area contributed by atoms with Crippen molar-refractivity contribution in [2.45, 2.75) is 12.8 Å². The van der Waals surface area contributed by atoms with Gasteiger partial charge in [0.05, 0.1) is 5.92 Å². The third kappa shape index (κ3) is 4.21. The number of benzene rings is 1. The third-order valence-corrected chi connectivity index (χ3v) is 3.29. The van der Waals surface area contributed by atoms with Gasteiger partial charge in [0.1, 0.15) is 0 Å². The van der Waals surface area contributed by atoms with E-state index >= 15 is 0 Å². The van der Waals surface area contributed by atoms with Crippen LogP contribution in [0, 0.1) is 5.92 Å². The van der Waals surface area contributed by atoms with Crippen LogP contribution in [-0.2, 0) is 4.79 Å². The first-order valence-corrected chi connectivity index (χ1v) is 6.54. The fourth-order valence-electron chi connectivity index (χ4n) is 2.20. The summed E-state index contributed by atoms with van der Waals surface area (Å²) in [5, 5.41) is 8.65. The molecular weight excluding hydrogens is 278 g/mol. The van der Waals surface area contributed by atoms with E-state index in [0.717, 1.165) is 25.9 Å². The standard InChI is InChI=1S/C14H19N3O2.ClH/c1-15-13(18)10-4-2-6-12(8-10)17-14(19)11-5-3-7-16-9-11;/h2,4,6,8,11,16H,3,5,7,9H2,1H3,(H,15,18)(H,17,19);1H/t11-;/m1./s1. The normalized spacial score (nSPS) is 17.8. The summed E-state index contributed by atoms with van der Waals surface area (Å²) in [6.45, 7) is 1.71. The summed E-state index contributed by atoms with van der Waals surface area (Å²) >= 11 is 0. The molecule has 6 heteroatoms. The zero-order chi connectivity index (χ0) is 13.7. The molecule has 1 aromatic carbocycles. The summed E-state index contributed by atoms with van der Waals surface area (Å²) in [6.07, 6.45) is 1.93. The van der Waals surface area contributed by atoms with Crippen molar-refractivity contribution in [2.75, 3.05) is 25.5 Å². The van der Waals surface area contributed by atoms with Crippen LogP contribution in [0.15, 0.2) is 24.3 Å². The molecule has 0 bridgehead atoms. The maximum absolute atomic E-state index is 12.1. The Labute approximate surface area is 124 Å². The largest absolute Gasteiger partial charge is 0.355 e. The highest BCUT2D eigenvalue weighted by Gasteiger charge is 2.20. The van der Waals surface area contributed by atoms with Gasteiger partial charge in [0.15, 0.2) is 0 Å². The molecule has 2 rings (SSSR count). The average Bonchev–Trinajstić information content (AvgIpc) is 2.47. The fraction of sp³-hybridized carbons (Fsp3) is 0.429. The van der Waals surface area contributed by atoms with Crippen LogP contribution >= 0.6 is 12.4 Å². The van der Waals surface area contributed by atoms with Gasteiger partial charge in [0, 0.05) is 24.8 Å².